The monoisotopic (exact) mass is 141 g/mol. The van der Waals surface area contributed by atoms with E-state index < -0.39 is 0 Å². The Morgan fingerprint density at radius 2 is 2.00 bits per heavy atom. The van der Waals surface area contributed by atoms with Crippen LogP contribution in [-0.4, -0.2) is 11.7 Å². The molecule has 0 aliphatic heterocycles. The second-order valence-corrected chi connectivity index (χ2v) is 2.00. The highest BCUT2D eigenvalue weighted by Gasteiger charge is 2.22. The molecule has 9 heavy (non-hydrogen) atoms. The van der Waals surface area contributed by atoms with E-state index in [4.69, 9.17) is 11.6 Å². The number of hydrogen-bond donors (Lipinski definition) is 0. The first-order chi connectivity index (χ1) is 4.34. The van der Waals surface area contributed by atoms with Crippen molar-refractivity contribution < 1.29 is 4.79 Å². The van der Waals surface area contributed by atoms with E-state index in [1.54, 1.807) is 12.8 Å². The van der Waals surface area contributed by atoms with Crippen LogP contribution in [-0.2, 0) is 4.79 Å². The minimum absolute atomic E-state index is 0.0123. The first kappa shape index (κ1) is 7.07. The molecule has 47 valence electrons. The highest BCUT2D eigenvalue weighted by atomic mass is 35.5. The number of alkyl halides is 1. The molecule has 0 aromatic carbocycles. The third-order valence-electron chi connectivity index (χ3n) is 1.11. The van der Waals surface area contributed by atoms with Gasteiger partial charge in [0.25, 0.3) is 0 Å². The number of hydrogen-bond acceptors (Lipinski definition) is 1. The van der Waals surface area contributed by atoms with Crippen LogP contribution in [0.3, 0.4) is 0 Å². The molecule has 2 heteroatoms. The van der Waals surface area contributed by atoms with Gasteiger partial charge in [0.2, 0.25) is 0 Å². The Labute approximate surface area is 60.4 Å². The smallest absolute Gasteiger partial charge is 0.155 e. The molecular formula is C7H6ClO. The first-order valence-corrected chi connectivity index (χ1v) is 3.19. The van der Waals surface area contributed by atoms with Gasteiger partial charge in [0.1, 0.15) is 0 Å². The SMILES string of the molecule is O=C(CCl)[C]1[CH][CH][CH][CH]1. The second kappa shape index (κ2) is 3.21. The summed E-state index contributed by atoms with van der Waals surface area (Å²) in [4.78, 5) is 10.7. The fourth-order valence-electron chi connectivity index (χ4n) is 0.637. The van der Waals surface area contributed by atoms with Crippen LogP contribution in [0.5, 0.6) is 0 Å². The summed E-state index contributed by atoms with van der Waals surface area (Å²) in [6.07, 6.45) is 7.15. The quantitative estimate of drug-likeness (QED) is 0.529. The molecule has 0 heterocycles. The van der Waals surface area contributed by atoms with Crippen molar-refractivity contribution in [3.63, 3.8) is 0 Å². The summed E-state index contributed by atoms with van der Waals surface area (Å²) in [5.74, 6) is 0.760. The van der Waals surface area contributed by atoms with Gasteiger partial charge in [-0.3, -0.25) is 4.79 Å². The number of carbonyl (C=O) groups is 1. The summed E-state index contributed by atoms with van der Waals surface area (Å²) in [5, 5.41) is 0. The molecule has 1 saturated carbocycles. The van der Waals surface area contributed by atoms with Gasteiger partial charge in [-0.15, -0.1) is 11.6 Å². The maximum Gasteiger partial charge on any atom is 0.155 e. The Kier molecular flexibility index (Phi) is 2.52. The highest BCUT2D eigenvalue weighted by molar-refractivity contribution is 6.30. The van der Waals surface area contributed by atoms with E-state index in [0.29, 0.717) is 5.92 Å². The fourth-order valence-corrected chi connectivity index (χ4v) is 0.791. The lowest BCUT2D eigenvalue weighted by Gasteiger charge is -2.00. The minimum Gasteiger partial charge on any atom is -0.298 e. The normalized spacial score (nSPS) is 20.6. The van der Waals surface area contributed by atoms with Crippen LogP contribution in [0.4, 0.5) is 0 Å². The molecule has 0 amide bonds. The number of rotatable bonds is 2. The molecule has 0 unspecified atom stereocenters. The van der Waals surface area contributed by atoms with Gasteiger partial charge in [-0.1, -0.05) is 0 Å². The Morgan fingerprint density at radius 3 is 2.44 bits per heavy atom. The summed E-state index contributed by atoms with van der Waals surface area (Å²) >= 11 is 5.29. The van der Waals surface area contributed by atoms with Crippen LogP contribution in [0, 0.1) is 31.6 Å². The first-order valence-electron chi connectivity index (χ1n) is 2.65. The molecule has 0 bridgehead atoms. The second-order valence-electron chi connectivity index (χ2n) is 1.73. The van der Waals surface area contributed by atoms with E-state index >= 15 is 0 Å². The Morgan fingerprint density at radius 1 is 1.44 bits per heavy atom. The van der Waals surface area contributed by atoms with Gasteiger partial charge in [0.05, 0.1) is 11.8 Å². The van der Waals surface area contributed by atoms with Crippen molar-refractivity contribution in [2.24, 2.45) is 0 Å². The molecule has 1 rings (SSSR count). The van der Waals surface area contributed by atoms with Gasteiger partial charge in [0.15, 0.2) is 5.78 Å². The Hall–Kier alpha value is -0.0400. The van der Waals surface area contributed by atoms with Gasteiger partial charge in [-0.2, -0.15) is 0 Å². The number of carbonyl (C=O) groups excluding carboxylic acids is 1. The predicted molar refractivity (Wildman–Crippen MR) is 36.2 cm³/mol. The van der Waals surface area contributed by atoms with Crippen LogP contribution < -0.4 is 0 Å². The lowest BCUT2D eigenvalue weighted by atomic mass is 10.0. The largest absolute Gasteiger partial charge is 0.298 e. The molecular weight excluding hydrogens is 136 g/mol. The van der Waals surface area contributed by atoms with Crippen molar-refractivity contribution in [2.45, 2.75) is 0 Å². The van der Waals surface area contributed by atoms with Gasteiger partial charge in [-0.05, 0) is 25.7 Å². The zero-order chi connectivity index (χ0) is 6.69. The molecule has 1 aliphatic carbocycles. The van der Waals surface area contributed by atoms with Crippen LogP contribution in [0.25, 0.3) is 0 Å². The molecule has 0 spiro atoms. The third kappa shape index (κ3) is 1.68. The molecule has 0 N–H and O–H groups in total. The van der Waals surface area contributed by atoms with E-state index in [2.05, 4.69) is 0 Å². The summed E-state index contributed by atoms with van der Waals surface area (Å²) in [6, 6.07) is 0. The van der Waals surface area contributed by atoms with Crippen LogP contribution in [0.2, 0.25) is 0 Å². The predicted octanol–water partition coefficient (Wildman–Crippen LogP) is 1.20. The van der Waals surface area contributed by atoms with Crippen molar-refractivity contribution >= 4 is 17.4 Å². The van der Waals surface area contributed by atoms with Crippen LogP contribution >= 0.6 is 11.6 Å². The van der Waals surface area contributed by atoms with Crippen molar-refractivity contribution in [1.29, 1.82) is 0 Å². The lowest BCUT2D eigenvalue weighted by molar-refractivity contribution is -0.114. The van der Waals surface area contributed by atoms with Gasteiger partial charge >= 0.3 is 0 Å². The van der Waals surface area contributed by atoms with Gasteiger partial charge in [-0.25, -0.2) is 0 Å². The van der Waals surface area contributed by atoms with E-state index in [-0.39, 0.29) is 11.7 Å². The third-order valence-corrected chi connectivity index (χ3v) is 1.35. The number of Topliss-reactive ketones (excluding diaryl/α,β-unsaturated/α-hetero) is 1. The molecule has 1 fully saturated rings. The lowest BCUT2D eigenvalue weighted by Crippen LogP contribution is -2.09. The molecule has 1 aliphatic rings. The Balaban J connectivity index is 2.32. The zero-order valence-corrected chi connectivity index (χ0v) is 5.56. The zero-order valence-electron chi connectivity index (χ0n) is 4.80. The van der Waals surface area contributed by atoms with E-state index in [9.17, 15) is 4.79 Å². The van der Waals surface area contributed by atoms with Crippen molar-refractivity contribution in [2.75, 3.05) is 5.88 Å². The summed E-state index contributed by atoms with van der Waals surface area (Å²) in [5.41, 5.74) is 0. The van der Waals surface area contributed by atoms with Crippen molar-refractivity contribution in [1.82, 2.24) is 0 Å². The highest BCUT2D eigenvalue weighted by Crippen LogP contribution is 2.23. The molecule has 1 nitrogen and oxygen atoms in total. The summed E-state index contributed by atoms with van der Waals surface area (Å²) < 4.78 is 0. The topological polar surface area (TPSA) is 17.1 Å². The van der Waals surface area contributed by atoms with Crippen LogP contribution in [0.1, 0.15) is 0 Å². The van der Waals surface area contributed by atoms with Gasteiger partial charge < -0.3 is 0 Å². The standard InChI is InChI=1S/C7H6ClO/c8-5-7(9)6-3-1-2-4-6/h1-4H,5H2. The number of halogens is 1. The maximum absolute atomic E-state index is 10.7. The molecule has 0 aromatic rings. The van der Waals surface area contributed by atoms with Crippen molar-refractivity contribution in [3.05, 3.63) is 31.6 Å². The average molecular weight is 142 g/mol. The maximum atomic E-state index is 10.7. The molecule has 0 saturated heterocycles. The summed E-state index contributed by atoms with van der Waals surface area (Å²) in [6.45, 7) is 0. The van der Waals surface area contributed by atoms with Crippen LogP contribution in [0.15, 0.2) is 0 Å². The fraction of sp³-hybridized carbons (Fsp3) is 0.143. The molecule has 0 atom stereocenters. The van der Waals surface area contributed by atoms with Gasteiger partial charge in [0, 0.05) is 0 Å². The number of ketones is 1. The average Bonchev–Trinajstić information content (AvgIpc) is 2.37. The Bertz CT molecular complexity index is 105. The molecule has 0 aromatic heterocycles. The van der Waals surface area contributed by atoms with E-state index in [1.807, 2.05) is 12.8 Å². The van der Waals surface area contributed by atoms with E-state index in [0.717, 1.165) is 0 Å². The van der Waals surface area contributed by atoms with Crippen molar-refractivity contribution in [3.8, 4) is 0 Å². The summed E-state index contributed by atoms with van der Waals surface area (Å²) in [7, 11) is 0. The molecule has 5 radical (unpaired) electrons. The van der Waals surface area contributed by atoms with E-state index in [1.165, 1.54) is 0 Å². The minimum atomic E-state index is -0.0123.